The number of nitrogens with one attached hydrogen (secondary N) is 1. The molecule has 2 atom stereocenters. The van der Waals surface area contributed by atoms with Crippen molar-refractivity contribution in [1.82, 2.24) is 5.32 Å². The Morgan fingerprint density at radius 2 is 2.13 bits per heavy atom. The van der Waals surface area contributed by atoms with Crippen molar-refractivity contribution in [3.05, 3.63) is 12.2 Å². The van der Waals surface area contributed by atoms with Crippen LogP contribution in [0.1, 0.15) is 52.4 Å². The summed E-state index contributed by atoms with van der Waals surface area (Å²) in [5.41, 5.74) is 0.587. The van der Waals surface area contributed by atoms with E-state index in [1.165, 1.54) is 45.1 Å². The average Bonchev–Trinajstić information content (AvgIpc) is 2.57. The smallest absolute Gasteiger partial charge is 0.00724 e. The van der Waals surface area contributed by atoms with Crippen molar-refractivity contribution in [3.8, 4) is 0 Å². The molecule has 0 aromatic heterocycles. The standard InChI is InChI=1S/C14H25N/c1-14(2)9-8-13(10-14)15-11-12-6-4-3-5-7-12/h3-4,12-13,15H,5-11H2,1-2H3. The molecular weight excluding hydrogens is 182 g/mol. The molecule has 0 aromatic carbocycles. The molecule has 0 amide bonds. The summed E-state index contributed by atoms with van der Waals surface area (Å²) in [5.74, 6) is 0.902. The monoisotopic (exact) mass is 207 g/mol. The lowest BCUT2D eigenvalue weighted by Gasteiger charge is -2.22. The first-order valence-electron chi connectivity index (χ1n) is 6.54. The Morgan fingerprint density at radius 3 is 2.73 bits per heavy atom. The number of hydrogen-bond donors (Lipinski definition) is 1. The maximum atomic E-state index is 3.77. The molecular formula is C14H25N. The third-order valence-electron chi connectivity index (χ3n) is 4.04. The van der Waals surface area contributed by atoms with E-state index >= 15 is 0 Å². The highest BCUT2D eigenvalue weighted by Gasteiger charge is 2.30. The van der Waals surface area contributed by atoms with Crippen LogP contribution in [0, 0.1) is 11.3 Å². The van der Waals surface area contributed by atoms with Gasteiger partial charge >= 0.3 is 0 Å². The van der Waals surface area contributed by atoms with Gasteiger partial charge in [0.05, 0.1) is 0 Å². The highest BCUT2D eigenvalue weighted by atomic mass is 14.9. The Bertz CT molecular complexity index is 229. The maximum absolute atomic E-state index is 3.77. The van der Waals surface area contributed by atoms with Gasteiger partial charge in [-0.15, -0.1) is 0 Å². The van der Waals surface area contributed by atoms with Crippen molar-refractivity contribution in [1.29, 1.82) is 0 Å². The summed E-state index contributed by atoms with van der Waals surface area (Å²) in [4.78, 5) is 0. The van der Waals surface area contributed by atoms with E-state index in [2.05, 4.69) is 31.3 Å². The zero-order chi connectivity index (χ0) is 10.7. The fourth-order valence-electron chi connectivity index (χ4n) is 2.99. The van der Waals surface area contributed by atoms with Crippen LogP contribution in [-0.4, -0.2) is 12.6 Å². The van der Waals surface area contributed by atoms with Crippen molar-refractivity contribution in [2.24, 2.45) is 11.3 Å². The van der Waals surface area contributed by atoms with Gasteiger partial charge in [-0.2, -0.15) is 0 Å². The topological polar surface area (TPSA) is 12.0 Å². The zero-order valence-corrected chi connectivity index (χ0v) is 10.3. The van der Waals surface area contributed by atoms with Crippen LogP contribution in [0.2, 0.25) is 0 Å². The van der Waals surface area contributed by atoms with Gasteiger partial charge in [0.2, 0.25) is 0 Å². The van der Waals surface area contributed by atoms with Gasteiger partial charge < -0.3 is 5.32 Å². The van der Waals surface area contributed by atoms with Crippen LogP contribution in [0.3, 0.4) is 0 Å². The van der Waals surface area contributed by atoms with Crippen LogP contribution in [0.15, 0.2) is 12.2 Å². The number of allylic oxidation sites excluding steroid dienone is 2. The molecule has 1 saturated carbocycles. The molecule has 0 spiro atoms. The summed E-state index contributed by atoms with van der Waals surface area (Å²) in [5, 5.41) is 3.77. The minimum absolute atomic E-state index is 0.587. The molecule has 1 nitrogen and oxygen atoms in total. The lowest BCUT2D eigenvalue weighted by atomic mass is 9.91. The van der Waals surface area contributed by atoms with Crippen LogP contribution in [0.25, 0.3) is 0 Å². The van der Waals surface area contributed by atoms with Gasteiger partial charge in [0.15, 0.2) is 0 Å². The Kier molecular flexibility index (Phi) is 3.50. The van der Waals surface area contributed by atoms with E-state index in [1.54, 1.807) is 0 Å². The molecule has 2 unspecified atom stereocenters. The van der Waals surface area contributed by atoms with Crippen LogP contribution in [0.4, 0.5) is 0 Å². The second-order valence-electron chi connectivity index (χ2n) is 6.16. The van der Waals surface area contributed by atoms with Gasteiger partial charge in [0, 0.05) is 6.04 Å². The van der Waals surface area contributed by atoms with Gasteiger partial charge in [-0.05, 0) is 56.4 Å². The van der Waals surface area contributed by atoms with E-state index < -0.39 is 0 Å². The van der Waals surface area contributed by atoms with Gasteiger partial charge in [0.25, 0.3) is 0 Å². The van der Waals surface area contributed by atoms with Crippen LogP contribution in [0.5, 0.6) is 0 Å². The quantitative estimate of drug-likeness (QED) is 0.698. The molecule has 0 aliphatic heterocycles. The van der Waals surface area contributed by atoms with Crippen molar-refractivity contribution in [2.45, 2.75) is 58.4 Å². The molecule has 86 valence electrons. The van der Waals surface area contributed by atoms with Gasteiger partial charge in [0.1, 0.15) is 0 Å². The lowest BCUT2D eigenvalue weighted by Crippen LogP contribution is -2.32. The molecule has 2 aliphatic rings. The molecule has 0 bridgehead atoms. The predicted molar refractivity (Wildman–Crippen MR) is 65.9 cm³/mol. The summed E-state index contributed by atoms with van der Waals surface area (Å²) in [6, 6.07) is 0.797. The minimum Gasteiger partial charge on any atom is -0.314 e. The second kappa shape index (κ2) is 4.69. The largest absolute Gasteiger partial charge is 0.314 e. The first-order chi connectivity index (χ1) is 7.16. The third-order valence-corrected chi connectivity index (χ3v) is 4.04. The third kappa shape index (κ3) is 3.34. The molecule has 2 aliphatic carbocycles. The van der Waals surface area contributed by atoms with E-state index in [0.717, 1.165) is 12.0 Å². The molecule has 0 heterocycles. The Balaban J connectivity index is 1.68. The van der Waals surface area contributed by atoms with Crippen molar-refractivity contribution in [2.75, 3.05) is 6.54 Å². The van der Waals surface area contributed by atoms with E-state index in [0.29, 0.717) is 5.41 Å². The normalized spacial score (nSPS) is 34.5. The average molecular weight is 207 g/mol. The fourth-order valence-corrected chi connectivity index (χ4v) is 2.99. The first kappa shape index (κ1) is 11.2. The van der Waals surface area contributed by atoms with Crippen molar-refractivity contribution < 1.29 is 0 Å². The maximum Gasteiger partial charge on any atom is 0.00724 e. The fraction of sp³-hybridized carbons (Fsp3) is 0.857. The molecule has 0 radical (unpaired) electrons. The van der Waals surface area contributed by atoms with Gasteiger partial charge in [-0.3, -0.25) is 0 Å². The molecule has 1 N–H and O–H groups in total. The molecule has 1 heteroatoms. The lowest BCUT2D eigenvalue weighted by molar-refractivity contribution is 0.350. The van der Waals surface area contributed by atoms with E-state index in [9.17, 15) is 0 Å². The second-order valence-corrected chi connectivity index (χ2v) is 6.16. The SMILES string of the molecule is CC1(C)CCC(NCC2CC=CCC2)C1. The van der Waals surface area contributed by atoms with Crippen LogP contribution < -0.4 is 5.32 Å². The number of hydrogen-bond acceptors (Lipinski definition) is 1. The van der Waals surface area contributed by atoms with Crippen LogP contribution >= 0.6 is 0 Å². The highest BCUT2D eigenvalue weighted by molar-refractivity contribution is 4.92. The summed E-state index contributed by atoms with van der Waals surface area (Å²) >= 11 is 0. The van der Waals surface area contributed by atoms with Crippen LogP contribution in [-0.2, 0) is 0 Å². The van der Waals surface area contributed by atoms with Gasteiger partial charge in [-0.1, -0.05) is 26.0 Å². The van der Waals surface area contributed by atoms with E-state index in [-0.39, 0.29) is 0 Å². The Morgan fingerprint density at radius 1 is 1.27 bits per heavy atom. The van der Waals surface area contributed by atoms with E-state index in [1.807, 2.05) is 0 Å². The zero-order valence-electron chi connectivity index (χ0n) is 10.3. The Hall–Kier alpha value is -0.300. The first-order valence-corrected chi connectivity index (χ1v) is 6.54. The molecule has 1 fully saturated rings. The Labute approximate surface area is 94.3 Å². The molecule has 0 aromatic rings. The minimum atomic E-state index is 0.587. The highest BCUT2D eigenvalue weighted by Crippen LogP contribution is 2.37. The molecule has 0 saturated heterocycles. The van der Waals surface area contributed by atoms with Crippen molar-refractivity contribution in [3.63, 3.8) is 0 Å². The summed E-state index contributed by atoms with van der Waals surface area (Å²) in [7, 11) is 0. The van der Waals surface area contributed by atoms with Gasteiger partial charge in [-0.25, -0.2) is 0 Å². The number of rotatable bonds is 3. The summed E-state index contributed by atoms with van der Waals surface area (Å²) in [6.07, 6.45) is 12.8. The predicted octanol–water partition coefficient (Wildman–Crippen LogP) is 3.51. The molecule has 15 heavy (non-hydrogen) atoms. The molecule has 2 rings (SSSR count). The summed E-state index contributed by atoms with van der Waals surface area (Å²) < 4.78 is 0. The summed E-state index contributed by atoms with van der Waals surface area (Å²) in [6.45, 7) is 6.04. The van der Waals surface area contributed by atoms with Crippen molar-refractivity contribution >= 4 is 0 Å². The van der Waals surface area contributed by atoms with E-state index in [4.69, 9.17) is 0 Å².